The molecule has 0 spiro atoms. The number of nitrogens with one attached hydrogen (secondary N) is 3. The lowest BCUT2D eigenvalue weighted by Crippen LogP contribution is -2.26. The van der Waals surface area contributed by atoms with E-state index in [9.17, 15) is 14.7 Å². The van der Waals surface area contributed by atoms with Crippen molar-refractivity contribution in [1.82, 2.24) is 16.0 Å². The van der Waals surface area contributed by atoms with E-state index in [1.54, 1.807) is 30.6 Å². The van der Waals surface area contributed by atoms with Crippen molar-refractivity contribution in [3.05, 3.63) is 64.7 Å². The number of carbonyl (C=O) groups is 2. The number of amides is 2. The summed E-state index contributed by atoms with van der Waals surface area (Å²) in [7, 11) is 0. The Morgan fingerprint density at radius 1 is 1.06 bits per heavy atom. The molecule has 0 saturated heterocycles. The van der Waals surface area contributed by atoms with Gasteiger partial charge in [0.05, 0.1) is 5.49 Å². The minimum Gasteiger partial charge on any atom is -0.508 e. The van der Waals surface area contributed by atoms with E-state index in [1.807, 2.05) is 12.1 Å². The summed E-state index contributed by atoms with van der Waals surface area (Å²) >= 11 is 4.81. The second kappa shape index (κ2) is 13.5. The van der Waals surface area contributed by atoms with Gasteiger partial charge in [0.2, 0.25) is 5.91 Å². The maximum absolute atomic E-state index is 12.2. The molecule has 2 rings (SSSR count). The lowest BCUT2D eigenvalue weighted by molar-refractivity contribution is -0.121. The zero-order valence-corrected chi connectivity index (χ0v) is 19.6. The third kappa shape index (κ3) is 8.67. The van der Waals surface area contributed by atoms with Gasteiger partial charge in [-0.25, -0.2) is 0 Å². The highest BCUT2D eigenvalue weighted by atomic mass is 32.1. The average molecular weight is 456 g/mol. The highest BCUT2D eigenvalue weighted by Crippen LogP contribution is 2.19. The standard InChI is InChI=1S/C25H33N3O3S/c1-18(28-17-32)9-10-20-11-13-21(14-12-20)16-27-24(30)8-3-4-15-26-25(31)22-6-5-7-23(29)19(22)2/h5-7,11-14,17-18,29H,3-4,8-10,15-16H2,1-2H3,(H,26,31)(H,27,30)(H,28,32). The van der Waals surface area contributed by atoms with E-state index < -0.39 is 0 Å². The van der Waals surface area contributed by atoms with Gasteiger partial charge in [-0.1, -0.05) is 42.5 Å². The van der Waals surface area contributed by atoms with Crippen molar-refractivity contribution < 1.29 is 14.7 Å². The van der Waals surface area contributed by atoms with Crippen molar-refractivity contribution in [3.8, 4) is 5.75 Å². The van der Waals surface area contributed by atoms with Crippen LogP contribution in [0, 0.1) is 6.92 Å². The number of aromatic hydroxyl groups is 1. The first-order chi connectivity index (χ1) is 15.4. The van der Waals surface area contributed by atoms with Crippen LogP contribution in [-0.4, -0.2) is 35.0 Å². The van der Waals surface area contributed by atoms with Crippen LogP contribution in [0.25, 0.3) is 0 Å². The number of rotatable bonds is 13. The first kappa shape index (κ1) is 25.3. The Morgan fingerprint density at radius 2 is 1.78 bits per heavy atom. The molecule has 0 aliphatic rings. The number of thiocarbonyl (C=S) groups is 1. The first-order valence-electron chi connectivity index (χ1n) is 11.0. The molecule has 0 aromatic heterocycles. The van der Waals surface area contributed by atoms with Crippen molar-refractivity contribution in [2.24, 2.45) is 0 Å². The maximum Gasteiger partial charge on any atom is 0.251 e. The van der Waals surface area contributed by atoms with Gasteiger partial charge in [0, 0.05) is 36.7 Å². The molecule has 32 heavy (non-hydrogen) atoms. The molecule has 2 aromatic rings. The molecule has 7 heteroatoms. The van der Waals surface area contributed by atoms with Crippen LogP contribution in [-0.2, 0) is 17.8 Å². The molecule has 2 aromatic carbocycles. The molecule has 0 saturated carbocycles. The SMILES string of the molecule is Cc1c(O)cccc1C(=O)NCCCCC(=O)NCc1ccc(CCC(C)NC=S)cc1. The monoisotopic (exact) mass is 455 g/mol. The van der Waals surface area contributed by atoms with Crippen molar-refractivity contribution in [3.63, 3.8) is 0 Å². The lowest BCUT2D eigenvalue weighted by atomic mass is 10.0. The highest BCUT2D eigenvalue weighted by molar-refractivity contribution is 7.78. The molecule has 6 nitrogen and oxygen atoms in total. The number of benzene rings is 2. The molecule has 1 unspecified atom stereocenters. The predicted molar refractivity (Wildman–Crippen MR) is 132 cm³/mol. The molecule has 2 amide bonds. The second-order valence-corrected chi connectivity index (χ2v) is 8.22. The van der Waals surface area contributed by atoms with Gasteiger partial charge in [0.15, 0.2) is 0 Å². The van der Waals surface area contributed by atoms with Gasteiger partial charge in [-0.05, 0) is 62.8 Å². The normalized spacial score (nSPS) is 11.4. The minimum atomic E-state index is -0.212. The third-order valence-electron chi connectivity index (χ3n) is 5.40. The molecule has 0 heterocycles. The summed E-state index contributed by atoms with van der Waals surface area (Å²) in [6.45, 7) is 4.82. The van der Waals surface area contributed by atoms with Gasteiger partial charge in [0.25, 0.3) is 5.91 Å². The summed E-state index contributed by atoms with van der Waals surface area (Å²) in [6.07, 6.45) is 3.81. The first-order valence-corrected chi connectivity index (χ1v) is 11.5. The molecule has 1 atom stereocenters. The molecular formula is C25H33N3O3S. The largest absolute Gasteiger partial charge is 0.508 e. The van der Waals surface area contributed by atoms with Crippen LogP contribution < -0.4 is 16.0 Å². The molecule has 0 fully saturated rings. The fourth-order valence-electron chi connectivity index (χ4n) is 3.27. The average Bonchev–Trinajstić information content (AvgIpc) is 2.78. The van der Waals surface area contributed by atoms with Crippen molar-refractivity contribution >= 4 is 29.5 Å². The minimum absolute atomic E-state index is 0.00398. The number of hydrogen-bond acceptors (Lipinski definition) is 4. The van der Waals surface area contributed by atoms with Crippen molar-refractivity contribution in [2.75, 3.05) is 6.54 Å². The lowest BCUT2D eigenvalue weighted by Gasteiger charge is -2.11. The van der Waals surface area contributed by atoms with Gasteiger partial charge in [-0.2, -0.15) is 0 Å². The summed E-state index contributed by atoms with van der Waals surface area (Å²) in [4.78, 5) is 24.3. The summed E-state index contributed by atoms with van der Waals surface area (Å²) < 4.78 is 0. The number of hydrogen-bond donors (Lipinski definition) is 4. The zero-order valence-electron chi connectivity index (χ0n) is 18.8. The van der Waals surface area contributed by atoms with Crippen LogP contribution in [0.1, 0.15) is 59.7 Å². The van der Waals surface area contributed by atoms with Crippen molar-refractivity contribution in [1.29, 1.82) is 0 Å². The molecule has 172 valence electrons. The summed E-state index contributed by atoms with van der Waals surface area (Å²) in [5.74, 6) is -0.0992. The van der Waals surface area contributed by atoms with Gasteiger partial charge in [-0.15, -0.1) is 0 Å². The number of phenols is 1. The van der Waals surface area contributed by atoms with Crippen molar-refractivity contribution in [2.45, 2.75) is 58.5 Å². The second-order valence-electron chi connectivity index (χ2n) is 7.98. The van der Waals surface area contributed by atoms with Gasteiger partial charge in [0.1, 0.15) is 5.75 Å². The molecular weight excluding hydrogens is 422 g/mol. The number of phenolic OH excluding ortho intramolecular Hbond substituents is 1. The predicted octanol–water partition coefficient (Wildman–Crippen LogP) is 3.79. The topological polar surface area (TPSA) is 90.5 Å². The van der Waals surface area contributed by atoms with Crippen LogP contribution in [0.5, 0.6) is 5.75 Å². The van der Waals surface area contributed by atoms with Crippen LogP contribution >= 0.6 is 12.2 Å². The zero-order chi connectivity index (χ0) is 23.3. The van der Waals surface area contributed by atoms with E-state index in [1.165, 1.54) is 5.56 Å². The number of unbranched alkanes of at least 4 members (excludes halogenated alkanes) is 1. The Bertz CT molecular complexity index is 900. The van der Waals surface area contributed by atoms with Crippen LogP contribution in [0.4, 0.5) is 0 Å². The highest BCUT2D eigenvalue weighted by Gasteiger charge is 2.10. The Labute approximate surface area is 195 Å². The summed E-state index contributed by atoms with van der Waals surface area (Å²) in [5, 5.41) is 18.6. The van der Waals surface area contributed by atoms with Gasteiger partial charge in [-0.3, -0.25) is 9.59 Å². The van der Waals surface area contributed by atoms with Crippen LogP contribution in [0.3, 0.4) is 0 Å². The van der Waals surface area contributed by atoms with E-state index >= 15 is 0 Å². The van der Waals surface area contributed by atoms with E-state index in [0.717, 1.165) is 18.4 Å². The summed E-state index contributed by atoms with van der Waals surface area (Å²) in [5.41, 5.74) is 4.93. The quantitative estimate of drug-likeness (QED) is 0.273. The molecule has 4 N–H and O–H groups in total. The molecule has 0 radical (unpaired) electrons. The molecule has 0 aliphatic carbocycles. The smallest absolute Gasteiger partial charge is 0.251 e. The summed E-state index contributed by atoms with van der Waals surface area (Å²) in [6, 6.07) is 13.5. The fourth-order valence-corrected chi connectivity index (χ4v) is 3.50. The Kier molecular flexibility index (Phi) is 10.7. The Balaban J connectivity index is 1.60. The fraction of sp³-hybridized carbons (Fsp3) is 0.400. The van der Waals surface area contributed by atoms with Crippen LogP contribution in [0.15, 0.2) is 42.5 Å². The third-order valence-corrected chi connectivity index (χ3v) is 5.53. The maximum atomic E-state index is 12.2. The van der Waals surface area contributed by atoms with E-state index in [4.69, 9.17) is 12.2 Å². The van der Waals surface area contributed by atoms with E-state index in [0.29, 0.717) is 49.5 Å². The Morgan fingerprint density at radius 3 is 2.50 bits per heavy atom. The molecule has 0 aliphatic heterocycles. The number of carbonyl (C=O) groups excluding carboxylic acids is 2. The van der Waals surface area contributed by atoms with Gasteiger partial charge < -0.3 is 21.1 Å². The molecule has 0 bridgehead atoms. The Hall–Kier alpha value is -2.93. The van der Waals surface area contributed by atoms with E-state index in [-0.39, 0.29) is 17.6 Å². The number of aryl methyl sites for hydroxylation is 1. The van der Waals surface area contributed by atoms with Crippen LogP contribution in [0.2, 0.25) is 0 Å². The van der Waals surface area contributed by atoms with Gasteiger partial charge >= 0.3 is 0 Å². The van der Waals surface area contributed by atoms with E-state index in [2.05, 4.69) is 35.0 Å².